The molecule has 2 atom stereocenters. The molecule has 0 aliphatic heterocycles. The van der Waals surface area contributed by atoms with E-state index in [1.165, 1.54) is 11.6 Å². The van der Waals surface area contributed by atoms with Crippen molar-refractivity contribution in [2.45, 2.75) is 50.8 Å². The lowest BCUT2D eigenvalue weighted by atomic mass is 9.87. The molecule has 1 aromatic carbocycles. The summed E-state index contributed by atoms with van der Waals surface area (Å²) < 4.78 is 21.6. The minimum atomic E-state index is -2.76. The van der Waals surface area contributed by atoms with Crippen molar-refractivity contribution in [1.82, 2.24) is 26.2 Å². The van der Waals surface area contributed by atoms with Crippen LogP contribution in [-0.2, 0) is 72.4 Å². The number of rotatable bonds is 30. The first kappa shape index (κ1) is 48.5. The van der Waals surface area contributed by atoms with Gasteiger partial charge < -0.3 is 59.7 Å². The van der Waals surface area contributed by atoms with E-state index in [0.29, 0.717) is 32.2 Å². The number of benzene rings is 1. The van der Waals surface area contributed by atoms with Crippen LogP contribution in [0.4, 0.5) is 0 Å². The molecule has 21 heteroatoms. The zero-order valence-corrected chi connectivity index (χ0v) is 33.3. The van der Waals surface area contributed by atoms with E-state index in [0.717, 1.165) is 11.1 Å². The molecular weight excluding hydrogens is 761 g/mol. The molecule has 1 aliphatic rings. The Bertz CT molecular complexity index is 1280. The molecule has 1 saturated carbocycles. The molecule has 55 heavy (non-hydrogen) atoms. The van der Waals surface area contributed by atoms with E-state index in [9.17, 15) is 24.1 Å². The Kier molecular flexibility index (Phi) is 25.3. The lowest BCUT2D eigenvalue weighted by Crippen LogP contribution is -2.54. The molecule has 0 saturated heterocycles. The van der Waals surface area contributed by atoms with Gasteiger partial charge in [-0.15, -0.1) is 0 Å². The number of nitrogens with one attached hydrogen (secondary N) is 4. The Labute approximate surface area is 327 Å². The fourth-order valence-electron chi connectivity index (χ4n) is 5.68. The summed E-state index contributed by atoms with van der Waals surface area (Å²) in [6.07, 6.45) is 2.61. The third kappa shape index (κ3) is 22.6. The molecule has 0 spiro atoms. The van der Waals surface area contributed by atoms with Crippen molar-refractivity contribution < 1.29 is 57.6 Å². The van der Waals surface area contributed by atoms with Gasteiger partial charge in [0.15, 0.2) is 6.49 Å². The number of carbonyl (C=O) groups excluding carboxylic acids is 4. The molecule has 0 radical (unpaired) electrons. The average molecular weight is 822 g/mol. The lowest BCUT2D eigenvalue weighted by Gasteiger charge is -2.30. The van der Waals surface area contributed by atoms with Gasteiger partial charge in [-0.2, -0.15) is 0 Å². The number of aliphatic hydroxyl groups excluding tert-OH is 1. The number of hydrogen-bond donors (Lipinski definition) is 8. The SMILES string of the molecule is CP(O)(=S)OC1CCC(C(=O)NCc2ccc(C[C@@H](C(=O)NCCOCCO)N(CC(=O)NCCOCCON)CC(=O)NCCOCCON)cc2)CC1. The van der Waals surface area contributed by atoms with Crippen molar-refractivity contribution in [1.29, 1.82) is 0 Å². The van der Waals surface area contributed by atoms with E-state index in [2.05, 4.69) is 30.9 Å². The second-order valence-electron chi connectivity index (χ2n) is 12.8. The largest absolute Gasteiger partial charge is 0.394 e. The first-order valence-electron chi connectivity index (χ1n) is 18.3. The van der Waals surface area contributed by atoms with E-state index < -0.39 is 30.3 Å². The first-order chi connectivity index (χ1) is 26.4. The van der Waals surface area contributed by atoms with Crippen LogP contribution in [0.25, 0.3) is 0 Å². The minimum absolute atomic E-state index is 0.0540. The predicted molar refractivity (Wildman–Crippen MR) is 205 cm³/mol. The molecule has 4 amide bonds. The van der Waals surface area contributed by atoms with E-state index in [1.54, 1.807) is 0 Å². The summed E-state index contributed by atoms with van der Waals surface area (Å²) in [6.45, 7) is 0.391. The fourth-order valence-corrected chi connectivity index (χ4v) is 6.81. The Hall–Kier alpha value is -2.69. The van der Waals surface area contributed by atoms with Gasteiger partial charge in [-0.05, 0) is 55.0 Å². The van der Waals surface area contributed by atoms with Crippen LogP contribution in [0.3, 0.4) is 0 Å². The maximum Gasteiger partial charge on any atom is 0.237 e. The highest BCUT2D eigenvalue weighted by Gasteiger charge is 2.30. The molecule has 19 nitrogen and oxygen atoms in total. The van der Waals surface area contributed by atoms with Gasteiger partial charge in [0.05, 0.1) is 84.7 Å². The number of ether oxygens (including phenoxy) is 3. The molecule has 1 fully saturated rings. The topological polar surface area (TPSA) is 268 Å². The maximum absolute atomic E-state index is 13.7. The zero-order valence-electron chi connectivity index (χ0n) is 31.6. The normalized spacial score (nSPS) is 17.3. The molecule has 1 unspecified atom stereocenters. The van der Waals surface area contributed by atoms with Crippen LogP contribution in [0.5, 0.6) is 0 Å². The van der Waals surface area contributed by atoms with Crippen LogP contribution >= 0.6 is 6.49 Å². The predicted octanol–water partition coefficient (Wildman–Crippen LogP) is -1.81. The third-order valence-corrected chi connectivity index (χ3v) is 9.30. The maximum atomic E-state index is 13.7. The van der Waals surface area contributed by atoms with E-state index in [1.807, 2.05) is 24.3 Å². The van der Waals surface area contributed by atoms with Crippen LogP contribution in [0.1, 0.15) is 36.8 Å². The summed E-state index contributed by atoms with van der Waals surface area (Å²) in [7, 11) is 0. The van der Waals surface area contributed by atoms with Crippen LogP contribution in [-0.4, -0.2) is 150 Å². The highest BCUT2D eigenvalue weighted by atomic mass is 32.5. The Morgan fingerprint density at radius 1 is 0.782 bits per heavy atom. The van der Waals surface area contributed by atoms with Crippen molar-refractivity contribution in [3.63, 3.8) is 0 Å². The van der Waals surface area contributed by atoms with Crippen molar-refractivity contribution in [2.75, 3.05) is 98.9 Å². The molecule has 2 rings (SSSR count). The smallest absolute Gasteiger partial charge is 0.237 e. The summed E-state index contributed by atoms with van der Waals surface area (Å²) in [4.78, 5) is 73.1. The number of hydrogen-bond acceptors (Lipinski definition) is 15. The van der Waals surface area contributed by atoms with Gasteiger partial charge >= 0.3 is 0 Å². The van der Waals surface area contributed by atoms with Gasteiger partial charge in [0.1, 0.15) is 0 Å². The lowest BCUT2D eigenvalue weighted by molar-refractivity contribution is -0.132. The summed E-state index contributed by atoms with van der Waals surface area (Å²) in [5.41, 5.74) is 1.60. The highest BCUT2D eigenvalue weighted by Crippen LogP contribution is 2.42. The van der Waals surface area contributed by atoms with Crippen LogP contribution in [0.2, 0.25) is 0 Å². The van der Waals surface area contributed by atoms with Gasteiger partial charge in [0.2, 0.25) is 23.6 Å². The Morgan fingerprint density at radius 3 is 1.80 bits per heavy atom. The van der Waals surface area contributed by atoms with E-state index >= 15 is 0 Å². The van der Waals surface area contributed by atoms with E-state index in [4.69, 9.17) is 47.4 Å². The number of carbonyl (C=O) groups is 4. The van der Waals surface area contributed by atoms with Gasteiger partial charge in [-0.3, -0.25) is 24.1 Å². The number of aliphatic hydroxyl groups is 1. The highest BCUT2D eigenvalue weighted by molar-refractivity contribution is 8.09. The molecule has 314 valence electrons. The van der Waals surface area contributed by atoms with Gasteiger partial charge in [0, 0.05) is 38.8 Å². The number of nitrogens with two attached hydrogens (primary N) is 2. The summed E-state index contributed by atoms with van der Waals surface area (Å²) >= 11 is 5.00. The van der Waals surface area contributed by atoms with Crippen molar-refractivity contribution in [3.8, 4) is 0 Å². The van der Waals surface area contributed by atoms with E-state index in [-0.39, 0.29) is 117 Å². The summed E-state index contributed by atoms with van der Waals surface area (Å²) in [5, 5.41) is 20.3. The minimum Gasteiger partial charge on any atom is -0.394 e. The van der Waals surface area contributed by atoms with Gasteiger partial charge in [-0.25, -0.2) is 11.8 Å². The molecular formula is C34H60N7O12PS. The monoisotopic (exact) mass is 821 g/mol. The molecule has 1 aliphatic carbocycles. The quantitative estimate of drug-likeness (QED) is 0.0242. The van der Waals surface area contributed by atoms with Crippen molar-refractivity contribution in [2.24, 2.45) is 17.7 Å². The van der Waals surface area contributed by atoms with Crippen LogP contribution in [0, 0.1) is 5.92 Å². The summed E-state index contributed by atoms with van der Waals surface area (Å²) in [5.74, 6) is 8.50. The molecule has 1 aromatic rings. The number of nitrogens with zero attached hydrogens (tertiary/aromatic N) is 1. The van der Waals surface area contributed by atoms with Crippen LogP contribution < -0.4 is 33.1 Å². The zero-order chi connectivity index (χ0) is 40.3. The second kappa shape index (κ2) is 28.7. The van der Waals surface area contributed by atoms with Crippen molar-refractivity contribution >= 4 is 41.9 Å². The fraction of sp³-hybridized carbons (Fsp3) is 0.706. The Balaban J connectivity index is 2.12. The first-order valence-corrected chi connectivity index (χ1v) is 21.4. The summed E-state index contributed by atoms with van der Waals surface area (Å²) in [6, 6.07) is 6.41. The molecule has 0 heterocycles. The standard InChI is InChI=1S/C34H60N7O12PS/c1-54(47,55)53-29-8-6-28(7-9-29)33(45)40-23-27-4-2-26(3-5-27)22-30(34(46)39-12-16-48-17-13-42)41(24-31(43)37-10-14-49-18-20-51-35)25-32(44)38-11-15-50-19-21-52-36/h2-5,28-30,42H,6-25,35-36H2,1H3,(H,37,43)(H,38,44)(H,39,46)(H,40,45)(H,47,55)/t28?,29?,30-,54?/m0/s1. The second-order valence-corrected chi connectivity index (χ2v) is 16.7. The van der Waals surface area contributed by atoms with Gasteiger partial charge in [-0.1, -0.05) is 24.3 Å². The third-order valence-electron chi connectivity index (χ3n) is 8.35. The molecule has 10 N–H and O–H groups in total. The molecule has 0 bridgehead atoms. The van der Waals surface area contributed by atoms with Gasteiger partial charge in [0.25, 0.3) is 0 Å². The molecule has 0 aromatic heterocycles. The average Bonchev–Trinajstić information content (AvgIpc) is 3.15. The van der Waals surface area contributed by atoms with Crippen molar-refractivity contribution in [3.05, 3.63) is 35.4 Å². The number of amides is 4. The Morgan fingerprint density at radius 2 is 1.29 bits per heavy atom. The van der Waals surface area contributed by atoms with Crippen LogP contribution in [0.15, 0.2) is 24.3 Å².